The van der Waals surface area contributed by atoms with Gasteiger partial charge in [0.2, 0.25) is 5.91 Å². The molecule has 4 fully saturated rings. The van der Waals surface area contributed by atoms with Crippen LogP contribution in [0, 0.1) is 6.42 Å². The van der Waals surface area contributed by atoms with Crippen molar-refractivity contribution in [2.24, 2.45) is 5.73 Å². The minimum atomic E-state index is -0.850. The van der Waals surface area contributed by atoms with Crippen LogP contribution >= 0.6 is 0 Å². The molecule has 133 valence electrons. The molecule has 3 saturated heterocycles. The highest BCUT2D eigenvalue weighted by Crippen LogP contribution is 2.38. The number of amides is 3. The summed E-state index contributed by atoms with van der Waals surface area (Å²) >= 11 is 0. The molecule has 0 aromatic rings. The predicted molar refractivity (Wildman–Crippen MR) is 91.1 cm³/mol. The minimum absolute atomic E-state index is 0.0127. The molecule has 0 aromatic heterocycles. The van der Waals surface area contributed by atoms with E-state index in [2.05, 4.69) is 4.90 Å². The molecule has 0 spiro atoms. The maximum Gasteiger partial charge on any atom is 0.321 e. The molecule has 3 aliphatic heterocycles. The van der Waals surface area contributed by atoms with Crippen LogP contribution in [0.4, 0.5) is 4.79 Å². The van der Waals surface area contributed by atoms with Crippen molar-refractivity contribution < 1.29 is 9.59 Å². The van der Waals surface area contributed by atoms with Gasteiger partial charge in [0.05, 0.1) is 6.54 Å². The third-order valence-corrected chi connectivity index (χ3v) is 6.66. The molecule has 3 amide bonds. The minimum Gasteiger partial charge on any atom is -0.368 e. The van der Waals surface area contributed by atoms with Gasteiger partial charge >= 0.3 is 6.03 Å². The molecule has 1 saturated carbocycles. The van der Waals surface area contributed by atoms with Crippen molar-refractivity contribution in [2.75, 3.05) is 26.2 Å². The van der Waals surface area contributed by atoms with Crippen LogP contribution in [0.1, 0.15) is 51.4 Å². The summed E-state index contributed by atoms with van der Waals surface area (Å²) in [5, 5.41) is 0. The van der Waals surface area contributed by atoms with Crippen molar-refractivity contribution in [3.63, 3.8) is 0 Å². The van der Waals surface area contributed by atoms with Crippen molar-refractivity contribution in [2.45, 2.75) is 69.0 Å². The number of primary amides is 1. The van der Waals surface area contributed by atoms with Crippen LogP contribution in [0.5, 0.6) is 0 Å². The lowest BCUT2D eigenvalue weighted by atomic mass is 9.91. The molecule has 1 atom stereocenters. The molecule has 4 aliphatic rings. The highest BCUT2D eigenvalue weighted by Gasteiger charge is 2.57. The molecule has 6 heteroatoms. The molecule has 2 N–H and O–H groups in total. The van der Waals surface area contributed by atoms with Crippen LogP contribution in [0.2, 0.25) is 0 Å². The van der Waals surface area contributed by atoms with E-state index >= 15 is 0 Å². The molecule has 24 heavy (non-hydrogen) atoms. The van der Waals surface area contributed by atoms with Gasteiger partial charge in [0, 0.05) is 38.1 Å². The lowest BCUT2D eigenvalue weighted by Crippen LogP contribution is -2.53. The van der Waals surface area contributed by atoms with Crippen LogP contribution < -0.4 is 5.73 Å². The Labute approximate surface area is 144 Å². The normalized spacial score (nSPS) is 33.2. The largest absolute Gasteiger partial charge is 0.368 e. The van der Waals surface area contributed by atoms with Crippen LogP contribution in [-0.4, -0.2) is 70.4 Å². The summed E-state index contributed by atoms with van der Waals surface area (Å²) < 4.78 is 0. The maximum absolute atomic E-state index is 12.8. The summed E-state index contributed by atoms with van der Waals surface area (Å²) in [5.41, 5.74) is 4.80. The monoisotopic (exact) mass is 333 g/mol. The molecular weight excluding hydrogens is 304 g/mol. The number of rotatable bonds is 3. The lowest BCUT2D eigenvalue weighted by Gasteiger charge is -2.41. The summed E-state index contributed by atoms with van der Waals surface area (Å²) in [5.74, 6) is -0.379. The Bertz CT molecular complexity index is 511. The molecule has 4 rings (SSSR count). The van der Waals surface area contributed by atoms with Crippen molar-refractivity contribution in [3.05, 3.63) is 6.42 Å². The average Bonchev–Trinajstić information content (AvgIpc) is 3.16. The van der Waals surface area contributed by atoms with Crippen LogP contribution in [-0.2, 0) is 4.79 Å². The van der Waals surface area contributed by atoms with Gasteiger partial charge in [0.25, 0.3) is 0 Å². The highest BCUT2D eigenvalue weighted by atomic mass is 16.2. The number of hydrogen-bond donors (Lipinski definition) is 1. The second-order valence-corrected chi connectivity index (χ2v) is 7.90. The SMILES string of the molecule is NC(=O)[C@]12[CH]CCN1C(=O)N(C1CCN(C3CCCCC3)CC1)C2. The number of likely N-dealkylation sites (tertiary alicyclic amines) is 1. The zero-order chi connectivity index (χ0) is 16.7. The molecule has 1 radical (unpaired) electrons. The van der Waals surface area contributed by atoms with Crippen LogP contribution in [0.15, 0.2) is 0 Å². The van der Waals surface area contributed by atoms with Gasteiger partial charge in [0.1, 0.15) is 5.54 Å². The Morgan fingerprint density at radius 1 is 1.04 bits per heavy atom. The first kappa shape index (κ1) is 16.2. The topological polar surface area (TPSA) is 69.9 Å². The molecule has 0 unspecified atom stereocenters. The summed E-state index contributed by atoms with van der Waals surface area (Å²) in [7, 11) is 0. The number of nitrogens with two attached hydrogens (primary N) is 1. The quantitative estimate of drug-likeness (QED) is 0.848. The number of hydrogen-bond acceptors (Lipinski definition) is 3. The third-order valence-electron chi connectivity index (χ3n) is 6.66. The zero-order valence-electron chi connectivity index (χ0n) is 14.5. The Balaban J connectivity index is 1.39. The van der Waals surface area contributed by atoms with Crippen molar-refractivity contribution in [1.82, 2.24) is 14.7 Å². The fourth-order valence-electron chi connectivity index (χ4n) is 5.25. The van der Waals surface area contributed by atoms with Gasteiger partial charge in [-0.05, 0) is 32.1 Å². The summed E-state index contributed by atoms with van der Waals surface area (Å²) in [6.45, 7) is 3.23. The first-order valence-electron chi connectivity index (χ1n) is 9.58. The fraction of sp³-hybridized carbons (Fsp3) is 0.833. The number of carbonyl (C=O) groups is 2. The first-order chi connectivity index (χ1) is 11.6. The summed E-state index contributed by atoms with van der Waals surface area (Å²) in [6, 6.07) is 1.02. The first-order valence-corrected chi connectivity index (χ1v) is 9.58. The van der Waals surface area contributed by atoms with E-state index in [0.717, 1.165) is 38.4 Å². The third kappa shape index (κ3) is 2.50. The van der Waals surface area contributed by atoms with Gasteiger partial charge in [-0.2, -0.15) is 0 Å². The van der Waals surface area contributed by atoms with Gasteiger partial charge in [-0.25, -0.2) is 4.79 Å². The van der Waals surface area contributed by atoms with E-state index in [1.54, 1.807) is 4.90 Å². The van der Waals surface area contributed by atoms with E-state index in [-0.39, 0.29) is 18.0 Å². The highest BCUT2D eigenvalue weighted by molar-refractivity contribution is 5.95. The molecule has 3 heterocycles. The van der Waals surface area contributed by atoms with Gasteiger partial charge in [-0.15, -0.1) is 0 Å². The molecule has 1 aliphatic carbocycles. The zero-order valence-corrected chi connectivity index (χ0v) is 14.5. The summed E-state index contributed by atoms with van der Waals surface area (Å²) in [4.78, 5) is 31.0. The number of nitrogens with zero attached hydrogens (tertiary/aromatic N) is 3. The predicted octanol–water partition coefficient (Wildman–Crippen LogP) is 1.35. The van der Waals surface area contributed by atoms with E-state index in [9.17, 15) is 9.59 Å². The molecular formula is C18H29N4O2. The van der Waals surface area contributed by atoms with Crippen molar-refractivity contribution in [1.29, 1.82) is 0 Å². The molecule has 6 nitrogen and oxygen atoms in total. The number of fused-ring (bicyclic) bond motifs is 1. The average molecular weight is 333 g/mol. The van der Waals surface area contributed by atoms with Gasteiger partial charge < -0.3 is 20.4 Å². The van der Waals surface area contributed by atoms with Gasteiger partial charge in [-0.3, -0.25) is 4.79 Å². The van der Waals surface area contributed by atoms with Gasteiger partial charge in [0.15, 0.2) is 0 Å². The van der Waals surface area contributed by atoms with Gasteiger partial charge in [-0.1, -0.05) is 19.3 Å². The smallest absolute Gasteiger partial charge is 0.321 e. The van der Waals surface area contributed by atoms with Crippen LogP contribution in [0.25, 0.3) is 0 Å². The van der Waals surface area contributed by atoms with Crippen molar-refractivity contribution in [3.8, 4) is 0 Å². The lowest BCUT2D eigenvalue weighted by molar-refractivity contribution is -0.124. The number of urea groups is 1. The second kappa shape index (κ2) is 6.21. The van der Waals surface area contributed by atoms with E-state index in [4.69, 9.17) is 5.73 Å². The Morgan fingerprint density at radius 3 is 2.38 bits per heavy atom. The standard InChI is InChI=1S/C18H29N4O2/c19-16(23)18-9-4-10-22(18)17(24)21(13-18)15-7-11-20(12-8-15)14-5-2-1-3-6-14/h9,14-15H,1-8,10-13H2,(H2,19,23)/t18-/m1/s1. The number of carbonyl (C=O) groups excluding carboxylic acids is 2. The Kier molecular flexibility index (Phi) is 4.19. The van der Waals surface area contributed by atoms with E-state index in [0.29, 0.717) is 13.1 Å². The Hall–Kier alpha value is -1.30. The second-order valence-electron chi connectivity index (χ2n) is 7.90. The Morgan fingerprint density at radius 2 is 1.75 bits per heavy atom. The van der Waals surface area contributed by atoms with E-state index in [1.807, 2.05) is 11.3 Å². The molecule has 0 bridgehead atoms. The summed E-state index contributed by atoms with van der Waals surface area (Å²) in [6.07, 6.45) is 11.5. The van der Waals surface area contributed by atoms with E-state index in [1.165, 1.54) is 32.1 Å². The maximum atomic E-state index is 12.8. The van der Waals surface area contributed by atoms with E-state index < -0.39 is 5.54 Å². The molecule has 0 aromatic carbocycles. The fourth-order valence-corrected chi connectivity index (χ4v) is 5.25. The number of piperidine rings is 1. The van der Waals surface area contributed by atoms with Crippen molar-refractivity contribution >= 4 is 11.9 Å². The van der Waals surface area contributed by atoms with Crippen LogP contribution in [0.3, 0.4) is 0 Å².